The van der Waals surface area contributed by atoms with Gasteiger partial charge in [-0.05, 0) is 26.0 Å². The van der Waals surface area contributed by atoms with Gasteiger partial charge in [0.2, 0.25) is 0 Å². The summed E-state index contributed by atoms with van der Waals surface area (Å²) in [4.78, 5) is 23.4. The summed E-state index contributed by atoms with van der Waals surface area (Å²) in [5, 5.41) is 0. The van der Waals surface area contributed by atoms with E-state index in [2.05, 4.69) is 0 Å². The summed E-state index contributed by atoms with van der Waals surface area (Å²) in [6.07, 6.45) is -1.00. The van der Waals surface area contributed by atoms with Crippen molar-refractivity contribution in [3.8, 4) is 11.5 Å². The van der Waals surface area contributed by atoms with Crippen molar-refractivity contribution >= 4 is 11.8 Å². The quantitative estimate of drug-likeness (QED) is 0.571. The van der Waals surface area contributed by atoms with E-state index < -0.39 is 17.9 Å². The fourth-order valence-corrected chi connectivity index (χ4v) is 1.74. The van der Waals surface area contributed by atoms with Gasteiger partial charge >= 0.3 is 5.97 Å². The van der Waals surface area contributed by atoms with Crippen LogP contribution < -0.4 is 9.47 Å². The molecular weight excluding hydrogens is 248 g/mol. The zero-order valence-electron chi connectivity index (χ0n) is 10.9. The van der Waals surface area contributed by atoms with Gasteiger partial charge in [0, 0.05) is 6.42 Å². The zero-order chi connectivity index (χ0) is 13.8. The first-order valence-corrected chi connectivity index (χ1v) is 6.17. The number of Topliss-reactive ketones (excluding diaryl/α,β-unsaturated/α-hetero) is 1. The van der Waals surface area contributed by atoms with Crippen molar-refractivity contribution in [1.82, 2.24) is 0 Å². The standard InChI is InChI=1S/C14H16O5/c1-9-7-8-17-11-5-3-4-6-12(11)19-13(10(2)15)14(16)18-9/h3-6,9,13H,7-8H2,1-2H3/t9-,13-/m1/s1. The van der Waals surface area contributed by atoms with Gasteiger partial charge in [-0.15, -0.1) is 0 Å². The SMILES string of the molecule is CC(=O)[C@H]1Oc2ccccc2OCC[C@@H](C)OC1=O. The van der Waals surface area contributed by atoms with E-state index in [1.807, 2.05) is 0 Å². The minimum absolute atomic E-state index is 0.316. The molecule has 2 atom stereocenters. The van der Waals surface area contributed by atoms with Gasteiger partial charge < -0.3 is 14.2 Å². The van der Waals surface area contributed by atoms with Crippen molar-refractivity contribution in [1.29, 1.82) is 0 Å². The van der Waals surface area contributed by atoms with E-state index in [1.165, 1.54) is 6.92 Å². The van der Waals surface area contributed by atoms with Crippen LogP contribution in [0.2, 0.25) is 0 Å². The molecule has 0 fully saturated rings. The van der Waals surface area contributed by atoms with Crippen LogP contribution in [0.5, 0.6) is 11.5 Å². The van der Waals surface area contributed by atoms with E-state index in [4.69, 9.17) is 14.2 Å². The normalized spacial score (nSPS) is 23.4. The third kappa shape index (κ3) is 3.24. The van der Waals surface area contributed by atoms with E-state index in [1.54, 1.807) is 31.2 Å². The molecule has 0 unspecified atom stereocenters. The number of ether oxygens (including phenoxy) is 3. The van der Waals surface area contributed by atoms with Crippen LogP contribution >= 0.6 is 0 Å². The average Bonchev–Trinajstić information content (AvgIpc) is 2.36. The zero-order valence-corrected chi connectivity index (χ0v) is 10.9. The molecule has 1 aromatic rings. The number of hydrogen-bond donors (Lipinski definition) is 0. The lowest BCUT2D eigenvalue weighted by Gasteiger charge is -2.22. The van der Waals surface area contributed by atoms with Crippen molar-refractivity contribution < 1.29 is 23.8 Å². The highest BCUT2D eigenvalue weighted by Crippen LogP contribution is 2.28. The van der Waals surface area contributed by atoms with Crippen LogP contribution in [0.15, 0.2) is 24.3 Å². The molecule has 0 bridgehead atoms. The lowest BCUT2D eigenvalue weighted by atomic mass is 10.2. The molecule has 2 rings (SSSR count). The van der Waals surface area contributed by atoms with E-state index in [0.29, 0.717) is 24.5 Å². The lowest BCUT2D eigenvalue weighted by molar-refractivity contribution is -0.160. The fraction of sp³-hybridized carbons (Fsp3) is 0.429. The first-order chi connectivity index (χ1) is 9.08. The molecule has 0 amide bonds. The molecule has 19 heavy (non-hydrogen) atoms. The number of para-hydroxylation sites is 2. The third-order valence-corrected chi connectivity index (χ3v) is 2.78. The van der Waals surface area contributed by atoms with Crippen LogP contribution in [0.25, 0.3) is 0 Å². The summed E-state index contributed by atoms with van der Waals surface area (Å²) < 4.78 is 16.2. The van der Waals surface area contributed by atoms with Crippen LogP contribution in [0.4, 0.5) is 0 Å². The molecule has 0 N–H and O–H groups in total. The number of fused-ring (bicyclic) bond motifs is 1. The van der Waals surface area contributed by atoms with Crippen LogP contribution in [-0.4, -0.2) is 30.6 Å². The van der Waals surface area contributed by atoms with Crippen molar-refractivity contribution in [3.63, 3.8) is 0 Å². The Morgan fingerprint density at radius 2 is 1.89 bits per heavy atom. The van der Waals surface area contributed by atoms with Gasteiger partial charge in [-0.2, -0.15) is 0 Å². The number of hydrogen-bond acceptors (Lipinski definition) is 5. The third-order valence-electron chi connectivity index (χ3n) is 2.78. The molecular formula is C14H16O5. The molecule has 1 heterocycles. The topological polar surface area (TPSA) is 61.8 Å². The highest BCUT2D eigenvalue weighted by molar-refractivity contribution is 6.01. The predicted molar refractivity (Wildman–Crippen MR) is 67.2 cm³/mol. The smallest absolute Gasteiger partial charge is 0.355 e. The van der Waals surface area contributed by atoms with Crippen LogP contribution in [-0.2, 0) is 14.3 Å². The molecule has 5 nitrogen and oxygen atoms in total. The van der Waals surface area contributed by atoms with Crippen molar-refractivity contribution in [2.75, 3.05) is 6.61 Å². The van der Waals surface area contributed by atoms with Gasteiger partial charge in [-0.1, -0.05) is 12.1 Å². The fourth-order valence-electron chi connectivity index (χ4n) is 1.74. The maximum absolute atomic E-state index is 11.9. The summed E-state index contributed by atoms with van der Waals surface area (Å²) in [6.45, 7) is 3.47. The monoisotopic (exact) mass is 264 g/mol. The number of carbonyl (C=O) groups excluding carboxylic acids is 2. The highest BCUT2D eigenvalue weighted by Gasteiger charge is 2.30. The summed E-state index contributed by atoms with van der Waals surface area (Å²) >= 11 is 0. The number of esters is 1. The highest BCUT2D eigenvalue weighted by atomic mass is 16.6. The molecule has 0 spiro atoms. The number of cyclic esters (lactones) is 1. The van der Waals surface area contributed by atoms with E-state index in [0.717, 1.165) is 0 Å². The van der Waals surface area contributed by atoms with Crippen LogP contribution in [0.3, 0.4) is 0 Å². The van der Waals surface area contributed by atoms with Gasteiger partial charge in [0.1, 0.15) is 6.10 Å². The largest absolute Gasteiger partial charge is 0.490 e. The Morgan fingerprint density at radius 1 is 1.21 bits per heavy atom. The minimum Gasteiger partial charge on any atom is -0.490 e. The number of rotatable bonds is 1. The van der Waals surface area contributed by atoms with Crippen LogP contribution in [0.1, 0.15) is 20.3 Å². The molecule has 5 heteroatoms. The molecule has 0 saturated heterocycles. The Labute approximate surface area is 111 Å². The van der Waals surface area contributed by atoms with Gasteiger partial charge in [0.15, 0.2) is 17.3 Å². The van der Waals surface area contributed by atoms with Crippen LogP contribution in [0, 0.1) is 0 Å². The molecule has 0 aromatic heterocycles. The number of benzene rings is 1. The van der Waals surface area contributed by atoms with Gasteiger partial charge in [0.05, 0.1) is 6.61 Å². The summed E-state index contributed by atoms with van der Waals surface area (Å²) in [5.74, 6) is -0.158. The summed E-state index contributed by atoms with van der Waals surface area (Å²) in [7, 11) is 0. The molecule has 0 saturated carbocycles. The Kier molecular flexibility index (Phi) is 4.04. The molecule has 1 aromatic carbocycles. The predicted octanol–water partition coefficient (Wildman–Crippen LogP) is 1.74. The van der Waals surface area contributed by atoms with Gasteiger partial charge in [-0.3, -0.25) is 4.79 Å². The lowest BCUT2D eigenvalue weighted by Crippen LogP contribution is -2.38. The Morgan fingerprint density at radius 3 is 2.58 bits per heavy atom. The first-order valence-electron chi connectivity index (χ1n) is 6.17. The van der Waals surface area contributed by atoms with E-state index >= 15 is 0 Å². The van der Waals surface area contributed by atoms with E-state index in [-0.39, 0.29) is 6.10 Å². The molecule has 102 valence electrons. The summed E-state index contributed by atoms with van der Waals surface area (Å²) in [6, 6.07) is 6.95. The molecule has 1 aliphatic heterocycles. The van der Waals surface area contributed by atoms with Crippen molar-refractivity contribution in [2.24, 2.45) is 0 Å². The second-order valence-electron chi connectivity index (χ2n) is 4.44. The average molecular weight is 264 g/mol. The second-order valence-corrected chi connectivity index (χ2v) is 4.44. The van der Waals surface area contributed by atoms with Crippen molar-refractivity contribution in [2.45, 2.75) is 32.5 Å². The number of carbonyl (C=O) groups is 2. The molecule has 0 radical (unpaired) electrons. The summed E-state index contributed by atoms with van der Waals surface area (Å²) in [5.41, 5.74) is 0. The Balaban J connectivity index is 2.32. The Bertz CT molecular complexity index is 482. The maximum Gasteiger partial charge on any atom is 0.355 e. The first kappa shape index (κ1) is 13.4. The number of ketones is 1. The molecule has 0 aliphatic carbocycles. The van der Waals surface area contributed by atoms with Gasteiger partial charge in [0.25, 0.3) is 6.10 Å². The Hall–Kier alpha value is -2.04. The maximum atomic E-state index is 11.9. The molecule has 1 aliphatic rings. The van der Waals surface area contributed by atoms with Crippen molar-refractivity contribution in [3.05, 3.63) is 24.3 Å². The van der Waals surface area contributed by atoms with E-state index in [9.17, 15) is 9.59 Å². The second kappa shape index (κ2) is 5.73. The van der Waals surface area contributed by atoms with Gasteiger partial charge in [-0.25, -0.2) is 4.79 Å². The minimum atomic E-state index is -1.25.